The van der Waals surface area contributed by atoms with Crippen LogP contribution in [0.3, 0.4) is 0 Å². The number of ketones is 1. The van der Waals surface area contributed by atoms with E-state index in [1.165, 1.54) is 25.3 Å². The largest absolute Gasteiger partial charge is 0.496 e. The van der Waals surface area contributed by atoms with Crippen LogP contribution in [0, 0.1) is 5.82 Å². The first-order chi connectivity index (χ1) is 9.20. The summed E-state index contributed by atoms with van der Waals surface area (Å²) in [5.41, 5.74) is 1.27. The number of benzene rings is 2. The third-order valence-corrected chi connectivity index (χ3v) is 2.67. The van der Waals surface area contributed by atoms with Crippen LogP contribution in [-0.4, -0.2) is 12.9 Å². The van der Waals surface area contributed by atoms with Crippen LogP contribution in [0.5, 0.6) is 5.75 Å². The minimum Gasteiger partial charge on any atom is -0.496 e. The maximum absolute atomic E-state index is 12.7. The zero-order valence-corrected chi connectivity index (χ0v) is 10.5. The van der Waals surface area contributed by atoms with Gasteiger partial charge in [-0.25, -0.2) is 4.39 Å². The lowest BCUT2D eigenvalue weighted by Gasteiger charge is -2.04. The monoisotopic (exact) mass is 256 g/mol. The summed E-state index contributed by atoms with van der Waals surface area (Å²) in [7, 11) is 1.52. The fourth-order valence-electron chi connectivity index (χ4n) is 1.68. The van der Waals surface area contributed by atoms with Crippen molar-refractivity contribution >= 4 is 11.9 Å². The molecule has 19 heavy (non-hydrogen) atoms. The summed E-state index contributed by atoms with van der Waals surface area (Å²) in [5.74, 6) is 0.0891. The number of carbonyl (C=O) groups excluding carboxylic acids is 1. The number of hydrogen-bond acceptors (Lipinski definition) is 2. The molecule has 0 heterocycles. The summed E-state index contributed by atoms with van der Waals surface area (Å²) >= 11 is 0. The second-order valence-corrected chi connectivity index (χ2v) is 3.95. The third-order valence-electron chi connectivity index (χ3n) is 2.67. The van der Waals surface area contributed by atoms with Gasteiger partial charge in [0.2, 0.25) is 0 Å². The average molecular weight is 256 g/mol. The Balaban J connectivity index is 2.19. The highest BCUT2D eigenvalue weighted by Crippen LogP contribution is 2.18. The Kier molecular flexibility index (Phi) is 4.08. The van der Waals surface area contributed by atoms with E-state index >= 15 is 0 Å². The van der Waals surface area contributed by atoms with Gasteiger partial charge in [0.15, 0.2) is 5.78 Å². The zero-order valence-electron chi connectivity index (χ0n) is 10.5. The molecular weight excluding hydrogens is 243 g/mol. The van der Waals surface area contributed by atoms with E-state index in [0.29, 0.717) is 11.3 Å². The van der Waals surface area contributed by atoms with E-state index in [2.05, 4.69) is 0 Å². The molecule has 0 atom stereocenters. The van der Waals surface area contributed by atoms with Crippen LogP contribution < -0.4 is 4.74 Å². The predicted octanol–water partition coefficient (Wildman–Crippen LogP) is 3.73. The van der Waals surface area contributed by atoms with Crippen LogP contribution >= 0.6 is 0 Å². The quantitative estimate of drug-likeness (QED) is 0.615. The zero-order chi connectivity index (χ0) is 13.7. The van der Waals surface area contributed by atoms with E-state index in [4.69, 9.17) is 4.74 Å². The highest BCUT2D eigenvalue weighted by atomic mass is 19.1. The molecule has 2 aromatic carbocycles. The van der Waals surface area contributed by atoms with Crippen molar-refractivity contribution < 1.29 is 13.9 Å². The average Bonchev–Trinajstić information content (AvgIpc) is 2.46. The Labute approximate surface area is 111 Å². The summed E-state index contributed by atoms with van der Waals surface area (Å²) in [6, 6.07) is 13.0. The predicted molar refractivity (Wildman–Crippen MR) is 72.8 cm³/mol. The second-order valence-electron chi connectivity index (χ2n) is 3.95. The highest BCUT2D eigenvalue weighted by molar-refractivity contribution is 6.08. The normalized spacial score (nSPS) is 10.6. The summed E-state index contributed by atoms with van der Waals surface area (Å²) in [4.78, 5) is 12.0. The number of rotatable bonds is 4. The lowest BCUT2D eigenvalue weighted by Crippen LogP contribution is -1.98. The Hall–Kier alpha value is -2.42. The van der Waals surface area contributed by atoms with Gasteiger partial charge in [0.05, 0.1) is 12.7 Å². The summed E-state index contributed by atoms with van der Waals surface area (Å²) < 4.78 is 17.9. The molecular formula is C16H13FO2. The lowest BCUT2D eigenvalue weighted by atomic mass is 10.1. The van der Waals surface area contributed by atoms with Gasteiger partial charge in [-0.05, 0) is 35.9 Å². The number of hydrogen-bond donors (Lipinski definition) is 0. The van der Waals surface area contributed by atoms with Crippen molar-refractivity contribution in [3.63, 3.8) is 0 Å². The van der Waals surface area contributed by atoms with E-state index in [9.17, 15) is 9.18 Å². The topological polar surface area (TPSA) is 26.3 Å². The van der Waals surface area contributed by atoms with Crippen molar-refractivity contribution in [2.45, 2.75) is 0 Å². The van der Waals surface area contributed by atoms with Gasteiger partial charge in [0, 0.05) is 0 Å². The van der Waals surface area contributed by atoms with Gasteiger partial charge in [-0.3, -0.25) is 4.79 Å². The highest BCUT2D eigenvalue weighted by Gasteiger charge is 2.07. The number of carbonyl (C=O) groups is 1. The molecule has 2 rings (SSSR count). The number of ether oxygens (including phenoxy) is 1. The Bertz CT molecular complexity index is 600. The SMILES string of the molecule is COc1ccccc1C(=O)C=Cc1ccc(F)cc1. The van der Waals surface area contributed by atoms with Gasteiger partial charge in [0.25, 0.3) is 0 Å². The van der Waals surface area contributed by atoms with E-state index in [0.717, 1.165) is 5.56 Å². The van der Waals surface area contributed by atoms with Crippen LogP contribution in [0.1, 0.15) is 15.9 Å². The maximum Gasteiger partial charge on any atom is 0.189 e. The van der Waals surface area contributed by atoms with Crippen molar-refractivity contribution in [1.29, 1.82) is 0 Å². The maximum atomic E-state index is 12.7. The van der Waals surface area contributed by atoms with Crippen LogP contribution in [0.2, 0.25) is 0 Å². The molecule has 2 aromatic rings. The van der Waals surface area contributed by atoms with Gasteiger partial charge in [-0.15, -0.1) is 0 Å². The smallest absolute Gasteiger partial charge is 0.189 e. The van der Waals surface area contributed by atoms with Crippen molar-refractivity contribution in [3.05, 3.63) is 71.6 Å². The molecule has 0 bridgehead atoms. The second kappa shape index (κ2) is 5.96. The fraction of sp³-hybridized carbons (Fsp3) is 0.0625. The first-order valence-corrected chi connectivity index (χ1v) is 5.81. The Morgan fingerprint density at radius 3 is 2.47 bits per heavy atom. The molecule has 0 aliphatic rings. The van der Waals surface area contributed by atoms with Crippen LogP contribution in [0.4, 0.5) is 4.39 Å². The summed E-state index contributed by atoms with van der Waals surface area (Å²) in [6.45, 7) is 0. The molecule has 0 fully saturated rings. The van der Waals surface area contributed by atoms with Crippen LogP contribution in [0.15, 0.2) is 54.6 Å². The minimum absolute atomic E-state index is 0.151. The van der Waals surface area contributed by atoms with Crippen molar-refractivity contribution in [2.75, 3.05) is 7.11 Å². The molecule has 0 aliphatic heterocycles. The molecule has 0 aromatic heterocycles. The van der Waals surface area contributed by atoms with E-state index < -0.39 is 0 Å². The Morgan fingerprint density at radius 2 is 1.79 bits per heavy atom. The first-order valence-electron chi connectivity index (χ1n) is 5.81. The fourth-order valence-corrected chi connectivity index (χ4v) is 1.68. The van der Waals surface area contributed by atoms with E-state index in [-0.39, 0.29) is 11.6 Å². The van der Waals surface area contributed by atoms with Crippen molar-refractivity contribution in [2.24, 2.45) is 0 Å². The van der Waals surface area contributed by atoms with Gasteiger partial charge >= 0.3 is 0 Å². The number of allylic oxidation sites excluding steroid dienone is 1. The van der Waals surface area contributed by atoms with Crippen molar-refractivity contribution in [3.8, 4) is 5.75 Å². The van der Waals surface area contributed by atoms with E-state index in [1.807, 2.05) is 0 Å². The molecule has 0 radical (unpaired) electrons. The number of halogens is 1. The van der Waals surface area contributed by atoms with Crippen molar-refractivity contribution in [1.82, 2.24) is 0 Å². The van der Waals surface area contributed by atoms with Gasteiger partial charge in [-0.1, -0.05) is 30.3 Å². The molecule has 0 N–H and O–H groups in total. The Morgan fingerprint density at radius 1 is 1.11 bits per heavy atom. The molecule has 3 heteroatoms. The van der Waals surface area contributed by atoms with E-state index in [1.54, 1.807) is 42.5 Å². The first kappa shape index (κ1) is 13.0. The van der Waals surface area contributed by atoms with Crippen LogP contribution in [-0.2, 0) is 0 Å². The lowest BCUT2D eigenvalue weighted by molar-refractivity contribution is 0.104. The molecule has 96 valence electrons. The standard InChI is InChI=1S/C16H13FO2/c1-19-16-5-3-2-4-14(16)15(18)11-8-12-6-9-13(17)10-7-12/h2-11H,1H3. The molecule has 0 saturated heterocycles. The summed E-state index contributed by atoms with van der Waals surface area (Å²) in [6.07, 6.45) is 3.10. The number of para-hydroxylation sites is 1. The minimum atomic E-state index is -0.298. The number of methoxy groups -OCH3 is 1. The molecule has 0 aliphatic carbocycles. The van der Waals surface area contributed by atoms with Gasteiger partial charge < -0.3 is 4.74 Å². The molecule has 2 nitrogen and oxygen atoms in total. The third kappa shape index (κ3) is 3.28. The molecule has 0 amide bonds. The molecule has 0 saturated carbocycles. The summed E-state index contributed by atoms with van der Waals surface area (Å²) in [5, 5.41) is 0. The van der Waals surface area contributed by atoms with Gasteiger partial charge in [0.1, 0.15) is 11.6 Å². The molecule has 0 spiro atoms. The van der Waals surface area contributed by atoms with Gasteiger partial charge in [-0.2, -0.15) is 0 Å². The molecule has 0 unspecified atom stereocenters. The van der Waals surface area contributed by atoms with Crippen LogP contribution in [0.25, 0.3) is 6.08 Å².